The number of hydrogen-bond donors (Lipinski definition) is 3. The molecule has 1 atom stereocenters. The number of carbonyl (C=O) groups is 2. The average Bonchev–Trinajstić information content (AvgIpc) is 2.76. The maximum atomic E-state index is 11.9. The maximum Gasteiger partial charge on any atom is 0.325 e. The molecular formula is C12H12N2O3. The molecule has 1 aromatic heterocycles. The number of benzene rings is 1. The van der Waals surface area contributed by atoms with Crippen molar-refractivity contribution in [3.63, 3.8) is 0 Å². The van der Waals surface area contributed by atoms with Crippen molar-refractivity contribution in [3.8, 4) is 0 Å². The third-order valence-electron chi connectivity index (χ3n) is 2.56. The van der Waals surface area contributed by atoms with Crippen LogP contribution in [-0.4, -0.2) is 28.0 Å². The summed E-state index contributed by atoms with van der Waals surface area (Å²) < 4.78 is 0. The predicted molar refractivity (Wildman–Crippen MR) is 62.9 cm³/mol. The van der Waals surface area contributed by atoms with Gasteiger partial charge in [0.05, 0.1) is 0 Å². The normalized spacial score (nSPS) is 12.3. The van der Waals surface area contributed by atoms with Crippen LogP contribution >= 0.6 is 0 Å². The highest BCUT2D eigenvalue weighted by atomic mass is 16.4. The minimum Gasteiger partial charge on any atom is -0.480 e. The second-order valence-corrected chi connectivity index (χ2v) is 3.78. The number of hydrogen-bond acceptors (Lipinski definition) is 2. The summed E-state index contributed by atoms with van der Waals surface area (Å²) in [7, 11) is 0. The Kier molecular flexibility index (Phi) is 2.82. The maximum absolute atomic E-state index is 11.9. The molecule has 0 saturated carbocycles. The zero-order valence-corrected chi connectivity index (χ0v) is 9.23. The molecule has 2 rings (SSSR count). The number of amides is 1. The van der Waals surface area contributed by atoms with E-state index in [2.05, 4.69) is 10.3 Å². The van der Waals surface area contributed by atoms with Crippen molar-refractivity contribution in [3.05, 3.63) is 36.0 Å². The van der Waals surface area contributed by atoms with Crippen molar-refractivity contribution in [1.82, 2.24) is 10.3 Å². The molecule has 88 valence electrons. The van der Waals surface area contributed by atoms with Gasteiger partial charge in [0.25, 0.3) is 5.91 Å². The van der Waals surface area contributed by atoms with E-state index in [1.165, 1.54) is 6.92 Å². The molecule has 0 aliphatic carbocycles. The van der Waals surface area contributed by atoms with Gasteiger partial charge in [-0.15, -0.1) is 0 Å². The second kappa shape index (κ2) is 4.29. The topological polar surface area (TPSA) is 82.2 Å². The van der Waals surface area contributed by atoms with E-state index in [0.717, 1.165) is 10.9 Å². The van der Waals surface area contributed by atoms with E-state index in [9.17, 15) is 9.59 Å². The standard InChI is InChI=1S/C12H12N2O3/c1-7(12(16)17)14-11(15)9-3-2-4-10-8(9)5-6-13-10/h2-7,13H,1H3,(H,14,15)(H,16,17)/t7-/m0/s1. The van der Waals surface area contributed by atoms with Crippen LogP contribution in [0, 0.1) is 0 Å². The lowest BCUT2D eigenvalue weighted by molar-refractivity contribution is -0.138. The van der Waals surface area contributed by atoms with Crippen LogP contribution in [0.3, 0.4) is 0 Å². The summed E-state index contributed by atoms with van der Waals surface area (Å²) in [4.78, 5) is 25.5. The summed E-state index contributed by atoms with van der Waals surface area (Å²) in [5.74, 6) is -1.44. The van der Waals surface area contributed by atoms with Crippen molar-refractivity contribution in [2.45, 2.75) is 13.0 Å². The molecule has 1 amide bonds. The van der Waals surface area contributed by atoms with Crippen molar-refractivity contribution >= 4 is 22.8 Å². The van der Waals surface area contributed by atoms with Crippen LogP contribution in [0.5, 0.6) is 0 Å². The molecule has 1 heterocycles. The minimum atomic E-state index is -1.06. The number of carboxylic acids is 1. The van der Waals surface area contributed by atoms with E-state index in [4.69, 9.17) is 5.11 Å². The molecule has 0 spiro atoms. The van der Waals surface area contributed by atoms with Gasteiger partial charge < -0.3 is 15.4 Å². The summed E-state index contributed by atoms with van der Waals surface area (Å²) in [6, 6.07) is 6.15. The Morgan fingerprint density at radius 2 is 2.12 bits per heavy atom. The average molecular weight is 232 g/mol. The van der Waals surface area contributed by atoms with Crippen LogP contribution in [0.1, 0.15) is 17.3 Å². The fourth-order valence-corrected chi connectivity index (χ4v) is 1.62. The van der Waals surface area contributed by atoms with Gasteiger partial charge in [-0.3, -0.25) is 9.59 Å². The highest BCUT2D eigenvalue weighted by Gasteiger charge is 2.16. The molecule has 0 aliphatic rings. The molecule has 1 aromatic carbocycles. The number of aromatic nitrogens is 1. The molecule has 5 heteroatoms. The molecule has 3 N–H and O–H groups in total. The fourth-order valence-electron chi connectivity index (χ4n) is 1.62. The molecule has 0 fully saturated rings. The summed E-state index contributed by atoms with van der Waals surface area (Å²) in [5.41, 5.74) is 1.32. The minimum absolute atomic E-state index is 0.384. The first-order valence-corrected chi connectivity index (χ1v) is 5.19. The highest BCUT2D eigenvalue weighted by Crippen LogP contribution is 2.17. The molecular weight excluding hydrogens is 220 g/mol. The Hall–Kier alpha value is -2.30. The molecule has 0 aliphatic heterocycles. The van der Waals surface area contributed by atoms with Crippen LogP contribution in [-0.2, 0) is 4.79 Å². The van der Waals surface area contributed by atoms with Gasteiger partial charge >= 0.3 is 5.97 Å². The SMILES string of the molecule is C[C@H](NC(=O)c1cccc2[nH]ccc12)C(=O)O. The van der Waals surface area contributed by atoms with Crippen molar-refractivity contribution in [1.29, 1.82) is 0 Å². The Labute approximate surface area is 97.4 Å². The molecule has 5 nitrogen and oxygen atoms in total. The first kappa shape index (κ1) is 11.2. The molecule has 0 bridgehead atoms. The van der Waals surface area contributed by atoms with E-state index >= 15 is 0 Å². The molecule has 2 aromatic rings. The largest absolute Gasteiger partial charge is 0.480 e. The molecule has 0 radical (unpaired) electrons. The van der Waals surface area contributed by atoms with Gasteiger partial charge in [0, 0.05) is 22.7 Å². The Bertz CT molecular complexity index is 574. The van der Waals surface area contributed by atoms with Crippen LogP contribution in [0.15, 0.2) is 30.5 Å². The predicted octanol–water partition coefficient (Wildman–Crippen LogP) is 1.37. The van der Waals surface area contributed by atoms with E-state index in [1.807, 2.05) is 6.07 Å². The third-order valence-corrected chi connectivity index (χ3v) is 2.56. The highest BCUT2D eigenvalue weighted by molar-refractivity contribution is 6.07. The van der Waals surface area contributed by atoms with Gasteiger partial charge in [0.15, 0.2) is 0 Å². The van der Waals surface area contributed by atoms with Gasteiger partial charge in [-0.05, 0) is 25.1 Å². The molecule has 0 saturated heterocycles. The van der Waals surface area contributed by atoms with Crippen LogP contribution < -0.4 is 5.32 Å². The van der Waals surface area contributed by atoms with Crippen molar-refractivity contribution < 1.29 is 14.7 Å². The van der Waals surface area contributed by atoms with E-state index in [1.54, 1.807) is 24.4 Å². The Morgan fingerprint density at radius 3 is 2.82 bits per heavy atom. The lowest BCUT2D eigenvalue weighted by Gasteiger charge is -2.09. The number of fused-ring (bicyclic) bond motifs is 1. The van der Waals surface area contributed by atoms with Crippen LogP contribution in [0.4, 0.5) is 0 Å². The van der Waals surface area contributed by atoms with Gasteiger partial charge in [-0.2, -0.15) is 0 Å². The van der Waals surface area contributed by atoms with E-state index in [0.29, 0.717) is 5.56 Å². The Balaban J connectivity index is 2.30. The number of nitrogens with one attached hydrogen (secondary N) is 2. The van der Waals surface area contributed by atoms with Crippen molar-refractivity contribution in [2.24, 2.45) is 0 Å². The summed E-state index contributed by atoms with van der Waals surface area (Å²) in [5, 5.41) is 11.9. The summed E-state index contributed by atoms with van der Waals surface area (Å²) in [6.45, 7) is 1.43. The molecule has 17 heavy (non-hydrogen) atoms. The number of H-pyrrole nitrogens is 1. The Morgan fingerprint density at radius 1 is 1.35 bits per heavy atom. The van der Waals surface area contributed by atoms with E-state index in [-0.39, 0.29) is 5.91 Å². The quantitative estimate of drug-likeness (QED) is 0.747. The lowest BCUT2D eigenvalue weighted by atomic mass is 10.1. The first-order valence-electron chi connectivity index (χ1n) is 5.19. The van der Waals surface area contributed by atoms with Crippen molar-refractivity contribution in [2.75, 3.05) is 0 Å². The van der Waals surface area contributed by atoms with Gasteiger partial charge in [0.1, 0.15) is 6.04 Å². The summed E-state index contributed by atoms with van der Waals surface area (Å²) >= 11 is 0. The fraction of sp³-hybridized carbons (Fsp3) is 0.167. The van der Waals surface area contributed by atoms with Gasteiger partial charge in [0.2, 0.25) is 0 Å². The molecule has 0 unspecified atom stereocenters. The number of aromatic amines is 1. The lowest BCUT2D eigenvalue weighted by Crippen LogP contribution is -2.38. The van der Waals surface area contributed by atoms with E-state index < -0.39 is 12.0 Å². The van der Waals surface area contributed by atoms with Crippen LogP contribution in [0.25, 0.3) is 10.9 Å². The number of carboxylic acid groups (broad SMARTS) is 1. The third kappa shape index (κ3) is 2.13. The summed E-state index contributed by atoms with van der Waals surface area (Å²) in [6.07, 6.45) is 1.74. The van der Waals surface area contributed by atoms with Gasteiger partial charge in [-0.25, -0.2) is 0 Å². The number of carbonyl (C=O) groups excluding carboxylic acids is 1. The second-order valence-electron chi connectivity index (χ2n) is 3.78. The van der Waals surface area contributed by atoms with Gasteiger partial charge in [-0.1, -0.05) is 6.07 Å². The van der Waals surface area contributed by atoms with Crippen LogP contribution in [0.2, 0.25) is 0 Å². The zero-order valence-electron chi connectivity index (χ0n) is 9.23. The smallest absolute Gasteiger partial charge is 0.325 e. The monoisotopic (exact) mass is 232 g/mol. The number of rotatable bonds is 3. The number of aliphatic carboxylic acids is 1. The zero-order chi connectivity index (χ0) is 12.4. The first-order chi connectivity index (χ1) is 8.09.